The summed E-state index contributed by atoms with van der Waals surface area (Å²) in [6.45, 7) is 14.9. The van der Waals surface area contributed by atoms with Crippen LogP contribution < -0.4 is 5.32 Å². The number of hydrogen-bond acceptors (Lipinski definition) is 3. The number of nitrogens with zero attached hydrogens (tertiary/aromatic N) is 1. The van der Waals surface area contributed by atoms with Crippen molar-refractivity contribution in [3.63, 3.8) is 0 Å². The molecule has 0 aromatic heterocycles. The second-order valence-electron chi connectivity index (χ2n) is 7.94. The molecule has 1 aromatic rings. The zero-order valence-corrected chi connectivity index (χ0v) is 19.3. The Kier molecular flexibility index (Phi) is 16.1. The van der Waals surface area contributed by atoms with Crippen molar-refractivity contribution in [2.45, 2.75) is 79.1 Å². The molecule has 0 amide bonds. The van der Waals surface area contributed by atoms with Gasteiger partial charge in [0.2, 0.25) is 0 Å². The molecule has 3 N–H and O–H groups in total. The first kappa shape index (κ1) is 27.2. The molecule has 0 heterocycles. The van der Waals surface area contributed by atoms with Gasteiger partial charge < -0.3 is 20.0 Å². The fraction of sp³-hybridized carbons (Fsp3) is 0.708. The highest BCUT2D eigenvalue weighted by molar-refractivity contribution is 5.72. The average Bonchev–Trinajstić information content (AvgIpc) is 2.72. The molecular weight excluding hydrogens is 364 g/mol. The van der Waals surface area contributed by atoms with Gasteiger partial charge in [0, 0.05) is 5.69 Å². The molecule has 0 bridgehead atoms. The van der Waals surface area contributed by atoms with E-state index in [9.17, 15) is 4.79 Å². The maximum Gasteiger partial charge on any atom is 0.322 e. The zero-order chi connectivity index (χ0) is 22.0. The number of phenolic OH excluding ortho intramolecular Hbond substituents is 1. The van der Waals surface area contributed by atoms with E-state index in [1.54, 1.807) is 12.1 Å². The molecule has 0 saturated heterocycles. The van der Waals surface area contributed by atoms with Crippen LogP contribution >= 0.6 is 0 Å². The number of carboxylic acid groups (broad SMARTS) is 1. The van der Waals surface area contributed by atoms with Gasteiger partial charge in [-0.1, -0.05) is 53.4 Å². The number of nitrogens with one attached hydrogen (secondary N) is 1. The summed E-state index contributed by atoms with van der Waals surface area (Å²) in [5.41, 5.74) is 0.676. The van der Waals surface area contributed by atoms with E-state index in [0.29, 0.717) is 5.69 Å². The molecule has 0 atom stereocenters. The Labute approximate surface area is 178 Å². The number of rotatable bonds is 15. The molecule has 0 aliphatic rings. The third-order valence-electron chi connectivity index (χ3n) is 5.26. The molecule has 0 fully saturated rings. The number of quaternary nitrogens is 1. The minimum atomic E-state index is -0.914. The highest BCUT2D eigenvalue weighted by Crippen LogP contribution is 2.16. The normalized spacial score (nSPS) is 10.9. The molecule has 5 heteroatoms. The Bertz CT molecular complexity index is 480. The molecule has 168 valence electrons. The summed E-state index contributed by atoms with van der Waals surface area (Å²) in [4.78, 5) is 10.1. The van der Waals surface area contributed by atoms with Crippen molar-refractivity contribution in [3.05, 3.63) is 24.3 Å². The molecule has 0 saturated carbocycles. The van der Waals surface area contributed by atoms with Crippen molar-refractivity contribution >= 4 is 11.7 Å². The lowest BCUT2D eigenvalue weighted by Crippen LogP contribution is -2.50. The van der Waals surface area contributed by atoms with E-state index < -0.39 is 5.97 Å². The third kappa shape index (κ3) is 14.0. The summed E-state index contributed by atoms with van der Waals surface area (Å²) >= 11 is 0. The van der Waals surface area contributed by atoms with Crippen LogP contribution in [0.25, 0.3) is 0 Å². The van der Waals surface area contributed by atoms with Gasteiger partial charge in [0.25, 0.3) is 0 Å². The van der Waals surface area contributed by atoms with E-state index in [-0.39, 0.29) is 12.3 Å². The van der Waals surface area contributed by atoms with E-state index in [1.807, 2.05) is 0 Å². The number of benzene rings is 1. The lowest BCUT2D eigenvalue weighted by molar-refractivity contribution is -0.929. The zero-order valence-electron chi connectivity index (χ0n) is 19.3. The van der Waals surface area contributed by atoms with Crippen molar-refractivity contribution in [2.75, 3.05) is 38.0 Å². The molecule has 0 spiro atoms. The maximum atomic E-state index is 10.1. The van der Waals surface area contributed by atoms with E-state index in [0.717, 1.165) is 0 Å². The Morgan fingerprint density at radius 1 is 0.793 bits per heavy atom. The van der Waals surface area contributed by atoms with Gasteiger partial charge >= 0.3 is 5.97 Å². The highest BCUT2D eigenvalue weighted by Gasteiger charge is 2.24. The minimum Gasteiger partial charge on any atom is -0.508 e. The Morgan fingerprint density at radius 3 is 1.48 bits per heavy atom. The maximum absolute atomic E-state index is 10.1. The Balaban J connectivity index is 0.000000571. The summed E-state index contributed by atoms with van der Waals surface area (Å²) in [7, 11) is 0. The lowest BCUT2D eigenvalue weighted by atomic mass is 10.1. The Morgan fingerprint density at radius 2 is 1.17 bits per heavy atom. The van der Waals surface area contributed by atoms with E-state index in [4.69, 9.17) is 10.2 Å². The van der Waals surface area contributed by atoms with Crippen molar-refractivity contribution in [2.24, 2.45) is 0 Å². The Hall–Kier alpha value is -1.75. The summed E-state index contributed by atoms with van der Waals surface area (Å²) in [6.07, 6.45) is 11.1. The van der Waals surface area contributed by atoms with Crippen LogP contribution in [0.3, 0.4) is 0 Å². The first-order chi connectivity index (χ1) is 13.9. The predicted molar refractivity (Wildman–Crippen MR) is 124 cm³/mol. The second kappa shape index (κ2) is 17.1. The molecular formula is C24H45N2O3+. The summed E-state index contributed by atoms with van der Waals surface area (Å²) in [6, 6.07) is 6.20. The van der Waals surface area contributed by atoms with Crippen LogP contribution in [-0.2, 0) is 4.79 Å². The molecule has 1 aromatic carbocycles. The molecule has 1 rings (SSSR count). The molecule has 0 aliphatic carbocycles. The van der Waals surface area contributed by atoms with Gasteiger partial charge in [0.1, 0.15) is 12.3 Å². The molecule has 5 nitrogen and oxygen atoms in total. The van der Waals surface area contributed by atoms with Gasteiger partial charge in [0.05, 0.1) is 26.2 Å². The molecule has 0 radical (unpaired) electrons. The number of anilines is 1. The van der Waals surface area contributed by atoms with Gasteiger partial charge in [-0.15, -0.1) is 0 Å². The molecule has 29 heavy (non-hydrogen) atoms. The summed E-state index contributed by atoms with van der Waals surface area (Å²) in [5.74, 6) is -0.751. The topological polar surface area (TPSA) is 69.6 Å². The van der Waals surface area contributed by atoms with Crippen molar-refractivity contribution in [1.82, 2.24) is 0 Å². The quantitative estimate of drug-likeness (QED) is 0.249. The third-order valence-corrected chi connectivity index (χ3v) is 5.26. The van der Waals surface area contributed by atoms with Gasteiger partial charge in [-0.3, -0.25) is 4.79 Å². The number of unbranched alkanes of at least 4 members (excludes halogenated alkanes) is 4. The van der Waals surface area contributed by atoms with Crippen LogP contribution in [0.5, 0.6) is 5.75 Å². The first-order valence-electron chi connectivity index (χ1n) is 11.5. The largest absolute Gasteiger partial charge is 0.508 e. The van der Waals surface area contributed by atoms with Gasteiger partial charge in [-0.05, 0) is 49.9 Å². The molecule has 0 unspecified atom stereocenters. The van der Waals surface area contributed by atoms with Crippen LogP contribution in [0, 0.1) is 0 Å². The van der Waals surface area contributed by atoms with Crippen LogP contribution in [0.4, 0.5) is 5.69 Å². The summed E-state index contributed by atoms with van der Waals surface area (Å²) < 4.78 is 1.42. The van der Waals surface area contributed by atoms with Crippen LogP contribution in [0.1, 0.15) is 79.1 Å². The molecule has 0 aliphatic heterocycles. The van der Waals surface area contributed by atoms with Crippen molar-refractivity contribution in [1.29, 1.82) is 0 Å². The van der Waals surface area contributed by atoms with Crippen LogP contribution in [0.15, 0.2) is 24.3 Å². The SMILES string of the molecule is CCCC[N+](CCCC)(CCCC)CCCC.O=C(O)CNc1ccc(O)cc1. The monoisotopic (exact) mass is 409 g/mol. The smallest absolute Gasteiger partial charge is 0.322 e. The predicted octanol–water partition coefficient (Wildman–Crippen LogP) is 5.89. The summed E-state index contributed by atoms with van der Waals surface area (Å²) in [5, 5.41) is 19.9. The van der Waals surface area contributed by atoms with Gasteiger partial charge in [0.15, 0.2) is 0 Å². The standard InChI is InChI=1S/C16H36N.C8H9NO3/c1-5-9-13-17(14-10-6-2,15-11-7-3)16-12-8-4;10-7-3-1-6(2-4-7)9-5-8(11)12/h5-16H2,1-4H3;1-4,9-10H,5H2,(H,11,12)/q+1;. The van der Waals surface area contributed by atoms with Gasteiger partial charge in [-0.25, -0.2) is 0 Å². The number of carbonyl (C=O) groups is 1. The minimum absolute atomic E-state index is 0.120. The van der Waals surface area contributed by atoms with Crippen LogP contribution in [0.2, 0.25) is 0 Å². The fourth-order valence-electron chi connectivity index (χ4n) is 3.40. The number of aliphatic carboxylic acids is 1. The number of aromatic hydroxyl groups is 1. The number of carboxylic acids is 1. The number of hydrogen-bond donors (Lipinski definition) is 3. The fourth-order valence-corrected chi connectivity index (χ4v) is 3.40. The van der Waals surface area contributed by atoms with E-state index in [2.05, 4.69) is 33.0 Å². The van der Waals surface area contributed by atoms with Crippen molar-refractivity contribution < 1.29 is 19.5 Å². The lowest BCUT2D eigenvalue weighted by Gasteiger charge is -2.39. The highest BCUT2D eigenvalue weighted by atomic mass is 16.4. The first-order valence-corrected chi connectivity index (χ1v) is 11.5. The van der Waals surface area contributed by atoms with Gasteiger partial charge in [-0.2, -0.15) is 0 Å². The van der Waals surface area contributed by atoms with Crippen molar-refractivity contribution in [3.8, 4) is 5.75 Å². The van der Waals surface area contributed by atoms with Crippen LogP contribution in [-0.4, -0.2) is 53.4 Å². The average molecular weight is 410 g/mol. The number of phenols is 1. The van der Waals surface area contributed by atoms with E-state index >= 15 is 0 Å². The second-order valence-corrected chi connectivity index (χ2v) is 7.94. The van der Waals surface area contributed by atoms with E-state index in [1.165, 1.54) is 94.2 Å².